The topological polar surface area (TPSA) is 61.0 Å². The van der Waals surface area contributed by atoms with E-state index in [1.54, 1.807) is 0 Å². The van der Waals surface area contributed by atoms with Gasteiger partial charge in [0.15, 0.2) is 5.69 Å². The molecule has 2 heterocycles. The van der Waals surface area contributed by atoms with E-state index in [1.165, 1.54) is 30.0 Å². The van der Waals surface area contributed by atoms with Gasteiger partial charge in [0.2, 0.25) is 0 Å². The van der Waals surface area contributed by atoms with E-state index in [1.807, 2.05) is 11.8 Å². The molecule has 2 aliphatic rings. The van der Waals surface area contributed by atoms with E-state index in [4.69, 9.17) is 0 Å². The minimum Gasteiger partial charge on any atom is -0.370 e. The van der Waals surface area contributed by atoms with Gasteiger partial charge in [-0.3, -0.25) is 9.89 Å². The number of anilines is 1. The lowest BCUT2D eigenvalue weighted by Gasteiger charge is -2.28. The maximum absolute atomic E-state index is 12.4. The number of carbonyl (C=O) groups excluding carboxylic acids is 1. The van der Waals surface area contributed by atoms with E-state index in [-0.39, 0.29) is 5.91 Å². The second-order valence-electron chi connectivity index (χ2n) is 6.52. The van der Waals surface area contributed by atoms with Gasteiger partial charge >= 0.3 is 0 Å². The summed E-state index contributed by atoms with van der Waals surface area (Å²) in [5, 5.41) is 10.1. The zero-order valence-corrected chi connectivity index (χ0v) is 16.3. The van der Waals surface area contributed by atoms with E-state index >= 15 is 0 Å². The van der Waals surface area contributed by atoms with Crippen LogP contribution in [0.5, 0.6) is 0 Å². The Hall–Kier alpha value is -1.47. The average molecular weight is 421 g/mol. The molecule has 0 spiro atoms. The summed E-state index contributed by atoms with van der Waals surface area (Å²) in [5.74, 6) is 2.77. The third-order valence-corrected chi connectivity index (χ3v) is 6.44. The number of H-pyrrole nitrogens is 1. The molecule has 4 rings (SSSR count). The summed E-state index contributed by atoms with van der Waals surface area (Å²) in [6, 6.07) is 8.47. The summed E-state index contributed by atoms with van der Waals surface area (Å²) in [7, 11) is 0. The van der Waals surface area contributed by atoms with Crippen molar-refractivity contribution in [1.82, 2.24) is 15.5 Å². The molecule has 2 aromatic rings. The van der Waals surface area contributed by atoms with Crippen molar-refractivity contribution >= 4 is 39.3 Å². The molecule has 0 radical (unpaired) electrons. The standard InChI is InChI=1S/C18H21BrN4OS/c19-15-16(13-3-4-13)21-22-17(15)18(24)20-11-12-1-5-14(6-2-12)23-7-9-25-10-8-23/h1-2,5-6,13H,3-4,7-11H2,(H,20,24)(H,21,22). The van der Waals surface area contributed by atoms with Gasteiger partial charge in [0, 0.05) is 42.7 Å². The number of hydrogen-bond acceptors (Lipinski definition) is 4. The predicted molar refractivity (Wildman–Crippen MR) is 105 cm³/mol. The lowest BCUT2D eigenvalue weighted by molar-refractivity contribution is 0.0945. The molecule has 7 heteroatoms. The Morgan fingerprint density at radius 1 is 1.28 bits per heavy atom. The molecule has 1 saturated heterocycles. The number of carbonyl (C=O) groups is 1. The summed E-state index contributed by atoms with van der Waals surface area (Å²) in [5.41, 5.74) is 3.86. The molecule has 2 fully saturated rings. The smallest absolute Gasteiger partial charge is 0.273 e. The molecule has 1 aromatic heterocycles. The first-order chi connectivity index (χ1) is 12.2. The quantitative estimate of drug-likeness (QED) is 0.776. The number of nitrogens with zero attached hydrogens (tertiary/aromatic N) is 2. The summed E-state index contributed by atoms with van der Waals surface area (Å²) in [4.78, 5) is 14.8. The Morgan fingerprint density at radius 3 is 2.68 bits per heavy atom. The van der Waals surface area contributed by atoms with Crippen LogP contribution in [0.4, 0.5) is 5.69 Å². The highest BCUT2D eigenvalue weighted by Gasteiger charge is 2.30. The first-order valence-corrected chi connectivity index (χ1v) is 10.6. The molecule has 1 aliphatic heterocycles. The summed E-state index contributed by atoms with van der Waals surface area (Å²) >= 11 is 5.52. The van der Waals surface area contributed by atoms with Crippen LogP contribution in [0.3, 0.4) is 0 Å². The number of amides is 1. The van der Waals surface area contributed by atoms with Crippen LogP contribution in [-0.4, -0.2) is 40.7 Å². The van der Waals surface area contributed by atoms with Crippen molar-refractivity contribution < 1.29 is 4.79 Å². The van der Waals surface area contributed by atoms with E-state index < -0.39 is 0 Å². The summed E-state index contributed by atoms with van der Waals surface area (Å²) < 4.78 is 0.811. The highest BCUT2D eigenvalue weighted by Crippen LogP contribution is 2.42. The predicted octanol–water partition coefficient (Wildman–Crippen LogP) is 3.53. The van der Waals surface area contributed by atoms with Gasteiger partial charge in [0.1, 0.15) is 0 Å². The Morgan fingerprint density at radius 2 is 2.00 bits per heavy atom. The van der Waals surface area contributed by atoms with Crippen molar-refractivity contribution in [2.75, 3.05) is 29.5 Å². The van der Waals surface area contributed by atoms with E-state index in [0.717, 1.165) is 28.8 Å². The summed E-state index contributed by atoms with van der Waals surface area (Å²) in [6.07, 6.45) is 2.34. The van der Waals surface area contributed by atoms with Crippen molar-refractivity contribution in [2.45, 2.75) is 25.3 Å². The van der Waals surface area contributed by atoms with Crippen molar-refractivity contribution in [3.05, 3.63) is 45.7 Å². The van der Waals surface area contributed by atoms with Gasteiger partial charge in [-0.25, -0.2) is 0 Å². The third-order valence-electron chi connectivity index (χ3n) is 4.70. The van der Waals surface area contributed by atoms with Crippen LogP contribution < -0.4 is 10.2 Å². The van der Waals surface area contributed by atoms with E-state index in [2.05, 4.69) is 60.6 Å². The number of nitrogens with one attached hydrogen (secondary N) is 2. The van der Waals surface area contributed by atoms with Crippen LogP contribution in [0.25, 0.3) is 0 Å². The van der Waals surface area contributed by atoms with Gasteiger partial charge in [-0.2, -0.15) is 16.9 Å². The molecule has 1 saturated carbocycles. The minimum absolute atomic E-state index is 0.146. The van der Waals surface area contributed by atoms with E-state index in [0.29, 0.717) is 18.2 Å². The molecule has 0 bridgehead atoms. The van der Waals surface area contributed by atoms with Gasteiger partial charge in [-0.1, -0.05) is 12.1 Å². The number of rotatable bonds is 5. The molecule has 1 aromatic carbocycles. The Bertz CT molecular complexity index is 751. The highest BCUT2D eigenvalue weighted by molar-refractivity contribution is 9.10. The van der Waals surface area contributed by atoms with Crippen LogP contribution in [0, 0.1) is 0 Å². The fraction of sp³-hybridized carbons (Fsp3) is 0.444. The van der Waals surface area contributed by atoms with Crippen LogP contribution in [0.1, 0.15) is 40.5 Å². The second kappa shape index (κ2) is 7.41. The van der Waals surface area contributed by atoms with Gasteiger partial charge in [-0.05, 0) is 46.5 Å². The van der Waals surface area contributed by atoms with Gasteiger partial charge < -0.3 is 10.2 Å². The van der Waals surface area contributed by atoms with Crippen LogP contribution >= 0.6 is 27.7 Å². The lowest BCUT2D eigenvalue weighted by Crippen LogP contribution is -2.32. The number of benzene rings is 1. The van der Waals surface area contributed by atoms with Crippen LogP contribution in [0.2, 0.25) is 0 Å². The maximum Gasteiger partial charge on any atom is 0.273 e. The van der Waals surface area contributed by atoms with Crippen LogP contribution in [0.15, 0.2) is 28.7 Å². The molecule has 2 N–H and O–H groups in total. The molecule has 0 unspecified atom stereocenters. The monoisotopic (exact) mass is 420 g/mol. The van der Waals surface area contributed by atoms with Gasteiger partial charge in [0.05, 0.1) is 10.2 Å². The molecule has 1 aliphatic carbocycles. The third kappa shape index (κ3) is 3.87. The lowest BCUT2D eigenvalue weighted by atomic mass is 10.2. The molecular weight excluding hydrogens is 400 g/mol. The van der Waals surface area contributed by atoms with Crippen molar-refractivity contribution in [2.24, 2.45) is 0 Å². The highest BCUT2D eigenvalue weighted by atomic mass is 79.9. The molecule has 132 valence electrons. The second-order valence-corrected chi connectivity index (χ2v) is 8.54. The van der Waals surface area contributed by atoms with Crippen LogP contribution in [-0.2, 0) is 6.54 Å². The van der Waals surface area contributed by atoms with Gasteiger partial charge in [-0.15, -0.1) is 0 Å². The molecule has 0 atom stereocenters. The number of aromatic nitrogens is 2. The van der Waals surface area contributed by atoms with Crippen molar-refractivity contribution in [1.29, 1.82) is 0 Å². The first kappa shape index (κ1) is 17.0. The molecule has 1 amide bonds. The zero-order valence-electron chi connectivity index (χ0n) is 13.9. The number of hydrogen-bond donors (Lipinski definition) is 2. The fourth-order valence-electron chi connectivity index (χ4n) is 3.05. The average Bonchev–Trinajstić information content (AvgIpc) is 3.43. The minimum atomic E-state index is -0.146. The fourth-order valence-corrected chi connectivity index (χ4v) is 4.63. The number of thioether (sulfide) groups is 1. The van der Waals surface area contributed by atoms with Crippen molar-refractivity contribution in [3.8, 4) is 0 Å². The SMILES string of the molecule is O=C(NCc1ccc(N2CCSCC2)cc1)c1n[nH]c(C2CC2)c1Br. The number of halogens is 1. The Kier molecular flexibility index (Phi) is 5.03. The Labute approximate surface area is 160 Å². The normalized spacial score (nSPS) is 17.6. The van der Waals surface area contributed by atoms with Gasteiger partial charge in [0.25, 0.3) is 5.91 Å². The Balaban J connectivity index is 1.35. The molecule has 25 heavy (non-hydrogen) atoms. The number of aromatic amines is 1. The van der Waals surface area contributed by atoms with E-state index in [9.17, 15) is 4.79 Å². The largest absolute Gasteiger partial charge is 0.370 e. The maximum atomic E-state index is 12.4. The summed E-state index contributed by atoms with van der Waals surface area (Å²) in [6.45, 7) is 2.72. The zero-order chi connectivity index (χ0) is 17.2. The molecule has 5 nitrogen and oxygen atoms in total. The van der Waals surface area contributed by atoms with Crippen molar-refractivity contribution in [3.63, 3.8) is 0 Å². The first-order valence-electron chi connectivity index (χ1n) is 8.66. The molecular formula is C18H21BrN4OS.